The van der Waals surface area contributed by atoms with E-state index in [-0.39, 0.29) is 0 Å². The fourth-order valence-electron chi connectivity index (χ4n) is 3.49. The van der Waals surface area contributed by atoms with E-state index in [2.05, 4.69) is 101 Å². The van der Waals surface area contributed by atoms with E-state index < -0.39 is 0 Å². The zero-order chi connectivity index (χ0) is 20.8. The van der Waals surface area contributed by atoms with Crippen LogP contribution in [0.1, 0.15) is 87.0 Å². The van der Waals surface area contributed by atoms with Gasteiger partial charge in [0.1, 0.15) is 0 Å². The maximum absolute atomic E-state index is 4.76. The SMILES string of the molecule is CC(C)c1ccc(C(CCC(C)c2ccc([C@@H](C)N(C)C)cn2)N(C)C)cn1. The van der Waals surface area contributed by atoms with Gasteiger partial charge in [-0.1, -0.05) is 32.9 Å². The van der Waals surface area contributed by atoms with Crippen LogP contribution in [-0.4, -0.2) is 48.0 Å². The average molecular weight is 383 g/mol. The van der Waals surface area contributed by atoms with Gasteiger partial charge in [-0.3, -0.25) is 9.97 Å². The Balaban J connectivity index is 2.02. The molecule has 0 aliphatic carbocycles. The number of hydrogen-bond donors (Lipinski definition) is 0. The lowest BCUT2D eigenvalue weighted by Gasteiger charge is -2.26. The molecular weight excluding hydrogens is 344 g/mol. The molecule has 154 valence electrons. The second-order valence-corrected chi connectivity index (χ2v) is 8.78. The molecule has 0 aromatic carbocycles. The van der Waals surface area contributed by atoms with Crippen LogP contribution in [0.25, 0.3) is 0 Å². The Morgan fingerprint density at radius 1 is 0.714 bits per heavy atom. The first kappa shape index (κ1) is 22.5. The molecule has 4 heteroatoms. The number of rotatable bonds is 9. The summed E-state index contributed by atoms with van der Waals surface area (Å²) >= 11 is 0. The average Bonchev–Trinajstić information content (AvgIpc) is 2.67. The Kier molecular flexibility index (Phi) is 8.14. The normalized spacial score (nSPS) is 15.2. The maximum atomic E-state index is 4.76. The van der Waals surface area contributed by atoms with Crippen molar-refractivity contribution in [1.29, 1.82) is 0 Å². The summed E-state index contributed by atoms with van der Waals surface area (Å²) in [6, 6.07) is 9.60. The lowest BCUT2D eigenvalue weighted by Crippen LogP contribution is -2.21. The van der Waals surface area contributed by atoms with Crippen molar-refractivity contribution in [2.45, 2.75) is 64.5 Å². The van der Waals surface area contributed by atoms with Crippen molar-refractivity contribution in [2.24, 2.45) is 0 Å². The molecule has 0 saturated carbocycles. The molecule has 0 saturated heterocycles. The van der Waals surface area contributed by atoms with Crippen molar-refractivity contribution in [3.63, 3.8) is 0 Å². The third-order valence-electron chi connectivity index (χ3n) is 5.85. The number of nitrogens with zero attached hydrogens (tertiary/aromatic N) is 4. The molecule has 2 heterocycles. The monoisotopic (exact) mass is 382 g/mol. The van der Waals surface area contributed by atoms with Crippen molar-refractivity contribution in [3.05, 3.63) is 59.2 Å². The van der Waals surface area contributed by atoms with Crippen molar-refractivity contribution < 1.29 is 0 Å². The molecular formula is C24H38N4. The smallest absolute Gasteiger partial charge is 0.0431 e. The molecule has 4 nitrogen and oxygen atoms in total. The lowest BCUT2D eigenvalue weighted by atomic mass is 9.94. The van der Waals surface area contributed by atoms with Gasteiger partial charge in [0.2, 0.25) is 0 Å². The summed E-state index contributed by atoms with van der Waals surface area (Å²) in [7, 11) is 8.51. The highest BCUT2D eigenvalue weighted by Gasteiger charge is 2.18. The van der Waals surface area contributed by atoms with E-state index in [9.17, 15) is 0 Å². The first-order valence-corrected chi connectivity index (χ1v) is 10.4. The molecule has 0 aliphatic rings. The molecule has 0 N–H and O–H groups in total. The molecule has 0 amide bonds. The Morgan fingerprint density at radius 2 is 1.29 bits per heavy atom. The van der Waals surface area contributed by atoms with Crippen molar-refractivity contribution in [3.8, 4) is 0 Å². The summed E-state index contributed by atoms with van der Waals surface area (Å²) < 4.78 is 0. The van der Waals surface area contributed by atoms with E-state index in [1.807, 2.05) is 6.20 Å². The Labute approximate surface area is 172 Å². The van der Waals surface area contributed by atoms with Gasteiger partial charge in [0.15, 0.2) is 0 Å². The van der Waals surface area contributed by atoms with E-state index in [4.69, 9.17) is 4.98 Å². The molecule has 0 fully saturated rings. The van der Waals surface area contributed by atoms with Gasteiger partial charge in [0.05, 0.1) is 0 Å². The van der Waals surface area contributed by atoms with Gasteiger partial charge in [-0.15, -0.1) is 0 Å². The second-order valence-electron chi connectivity index (χ2n) is 8.78. The zero-order valence-electron chi connectivity index (χ0n) is 19.0. The highest BCUT2D eigenvalue weighted by Crippen LogP contribution is 2.29. The van der Waals surface area contributed by atoms with Gasteiger partial charge in [-0.25, -0.2) is 0 Å². The fourth-order valence-corrected chi connectivity index (χ4v) is 3.49. The topological polar surface area (TPSA) is 32.3 Å². The number of aromatic nitrogens is 2. The molecule has 3 atom stereocenters. The molecule has 2 unspecified atom stereocenters. The summed E-state index contributed by atoms with van der Waals surface area (Å²) in [5.41, 5.74) is 4.90. The maximum Gasteiger partial charge on any atom is 0.0431 e. The minimum absolute atomic E-state index is 0.379. The van der Waals surface area contributed by atoms with Crippen LogP contribution in [-0.2, 0) is 0 Å². The predicted octanol–water partition coefficient (Wildman–Crippen LogP) is 5.41. The zero-order valence-corrected chi connectivity index (χ0v) is 19.0. The van der Waals surface area contributed by atoms with E-state index in [0.29, 0.717) is 23.9 Å². The highest BCUT2D eigenvalue weighted by atomic mass is 15.1. The van der Waals surface area contributed by atoms with Crippen molar-refractivity contribution >= 4 is 0 Å². The Hall–Kier alpha value is -1.78. The fraction of sp³-hybridized carbons (Fsp3) is 0.583. The van der Waals surface area contributed by atoms with E-state index >= 15 is 0 Å². The third-order valence-corrected chi connectivity index (χ3v) is 5.85. The molecule has 0 spiro atoms. The first-order valence-electron chi connectivity index (χ1n) is 10.4. The summed E-state index contributed by atoms with van der Waals surface area (Å²) in [5.74, 6) is 0.908. The van der Waals surface area contributed by atoms with Crippen molar-refractivity contribution in [1.82, 2.24) is 19.8 Å². The van der Waals surface area contributed by atoms with Crippen LogP contribution < -0.4 is 0 Å². The molecule has 0 radical (unpaired) electrons. The van der Waals surface area contributed by atoms with Gasteiger partial charge in [-0.2, -0.15) is 0 Å². The summed E-state index contributed by atoms with van der Waals surface area (Å²) in [6.45, 7) is 8.86. The summed E-state index contributed by atoms with van der Waals surface area (Å²) in [5, 5.41) is 0. The van der Waals surface area contributed by atoms with Crippen LogP contribution in [0.5, 0.6) is 0 Å². The van der Waals surface area contributed by atoms with Crippen LogP contribution in [0.4, 0.5) is 0 Å². The second kappa shape index (κ2) is 10.1. The van der Waals surface area contributed by atoms with Crippen molar-refractivity contribution in [2.75, 3.05) is 28.2 Å². The van der Waals surface area contributed by atoms with Crippen LogP contribution in [0.15, 0.2) is 36.7 Å². The Morgan fingerprint density at radius 3 is 1.75 bits per heavy atom. The molecule has 2 aromatic rings. The van der Waals surface area contributed by atoms with Gasteiger partial charge in [0, 0.05) is 35.9 Å². The molecule has 0 bridgehead atoms. The van der Waals surface area contributed by atoms with E-state index in [1.54, 1.807) is 0 Å². The molecule has 2 rings (SSSR count). The van der Waals surface area contributed by atoms with Gasteiger partial charge in [-0.05, 0) is 83.1 Å². The Bertz CT molecular complexity index is 704. The van der Waals surface area contributed by atoms with Gasteiger partial charge < -0.3 is 9.80 Å². The number of pyridine rings is 2. The standard InChI is InChI=1S/C24H38N4/c1-17(2)22-12-11-21(16-25-22)24(28(7)8)14-9-18(3)23-13-10-20(15-26-23)19(4)27(5)6/h10-13,15-19,24H,9,14H2,1-8H3/t18?,19-,24?/m1/s1. The lowest BCUT2D eigenvalue weighted by molar-refractivity contribution is 0.273. The molecule has 0 aliphatic heterocycles. The minimum Gasteiger partial charge on any atom is -0.303 e. The highest BCUT2D eigenvalue weighted by molar-refractivity contribution is 5.21. The minimum atomic E-state index is 0.379. The van der Waals surface area contributed by atoms with Crippen LogP contribution in [0.2, 0.25) is 0 Å². The molecule has 28 heavy (non-hydrogen) atoms. The van der Waals surface area contributed by atoms with Gasteiger partial charge >= 0.3 is 0 Å². The van der Waals surface area contributed by atoms with Crippen LogP contribution in [0.3, 0.4) is 0 Å². The summed E-state index contributed by atoms with van der Waals surface area (Å²) in [6.07, 6.45) is 6.29. The van der Waals surface area contributed by atoms with Gasteiger partial charge in [0.25, 0.3) is 0 Å². The predicted molar refractivity (Wildman–Crippen MR) is 119 cm³/mol. The molecule has 2 aromatic heterocycles. The largest absolute Gasteiger partial charge is 0.303 e. The first-order chi connectivity index (χ1) is 13.2. The third kappa shape index (κ3) is 5.86. The van der Waals surface area contributed by atoms with E-state index in [1.165, 1.54) is 16.8 Å². The number of hydrogen-bond acceptors (Lipinski definition) is 4. The van der Waals surface area contributed by atoms with E-state index in [0.717, 1.165) is 18.5 Å². The quantitative estimate of drug-likeness (QED) is 0.580. The summed E-state index contributed by atoms with van der Waals surface area (Å²) in [4.78, 5) is 13.9. The van der Waals surface area contributed by atoms with Crippen LogP contribution in [0, 0.1) is 0 Å². The van der Waals surface area contributed by atoms with Crippen LogP contribution >= 0.6 is 0 Å².